The number of carbonyl (C=O) groups excluding carboxylic acids is 2. The first kappa shape index (κ1) is 23.7. The van der Waals surface area contributed by atoms with Gasteiger partial charge in [0.05, 0.1) is 18.3 Å². The lowest BCUT2D eigenvalue weighted by Crippen LogP contribution is -2.50. The third-order valence-electron chi connectivity index (χ3n) is 6.70. The molecule has 0 saturated heterocycles. The van der Waals surface area contributed by atoms with Gasteiger partial charge in [0.15, 0.2) is 0 Å². The van der Waals surface area contributed by atoms with Gasteiger partial charge in [-0.1, -0.05) is 54.8 Å². The Labute approximate surface area is 208 Å². The van der Waals surface area contributed by atoms with Crippen molar-refractivity contribution in [1.82, 2.24) is 25.2 Å². The first-order chi connectivity index (χ1) is 17.6. The van der Waals surface area contributed by atoms with Crippen LogP contribution >= 0.6 is 0 Å². The fourth-order valence-corrected chi connectivity index (χ4v) is 4.96. The highest BCUT2D eigenvalue weighted by molar-refractivity contribution is 5.89. The van der Waals surface area contributed by atoms with E-state index in [-0.39, 0.29) is 30.6 Å². The van der Waals surface area contributed by atoms with E-state index in [2.05, 4.69) is 15.6 Å². The molecule has 0 unspecified atom stereocenters. The maximum Gasteiger partial charge on any atom is 0.247 e. The molecule has 2 heterocycles. The van der Waals surface area contributed by atoms with E-state index in [4.69, 9.17) is 4.42 Å². The molecule has 1 atom stereocenters. The summed E-state index contributed by atoms with van der Waals surface area (Å²) in [6.45, 7) is 0.0324. The number of furan rings is 1. The Balaban J connectivity index is 1.51. The summed E-state index contributed by atoms with van der Waals surface area (Å²) in [5, 5.41) is 11.2. The van der Waals surface area contributed by atoms with Crippen molar-refractivity contribution in [2.45, 2.75) is 57.3 Å². The number of benzene rings is 2. The highest BCUT2D eigenvalue weighted by Gasteiger charge is 2.38. The highest BCUT2D eigenvalue weighted by atomic mass is 19.1. The van der Waals surface area contributed by atoms with Gasteiger partial charge in [-0.05, 0) is 43.2 Å². The van der Waals surface area contributed by atoms with Crippen molar-refractivity contribution < 1.29 is 18.4 Å². The van der Waals surface area contributed by atoms with Crippen molar-refractivity contribution in [3.05, 3.63) is 84.1 Å². The molecule has 2 aromatic carbocycles. The van der Waals surface area contributed by atoms with Crippen molar-refractivity contribution >= 4 is 22.8 Å². The van der Waals surface area contributed by atoms with Crippen LogP contribution < -0.4 is 5.32 Å². The van der Waals surface area contributed by atoms with Crippen LogP contribution in [0.15, 0.2) is 71.3 Å². The number of carbonyl (C=O) groups is 2. The number of hydrogen-bond donors (Lipinski definition) is 1. The quantitative estimate of drug-likeness (QED) is 0.396. The number of aromatic nitrogens is 3. The van der Waals surface area contributed by atoms with Gasteiger partial charge in [0.25, 0.3) is 0 Å². The molecule has 186 valence electrons. The number of amides is 2. The number of nitrogens with zero attached hydrogens (tertiary/aromatic N) is 4. The van der Waals surface area contributed by atoms with Crippen LogP contribution in [-0.2, 0) is 22.7 Å². The van der Waals surface area contributed by atoms with Crippen molar-refractivity contribution in [1.29, 1.82) is 0 Å². The molecule has 36 heavy (non-hydrogen) atoms. The van der Waals surface area contributed by atoms with Crippen molar-refractivity contribution in [2.24, 2.45) is 0 Å². The normalized spacial score (nSPS) is 15.0. The van der Waals surface area contributed by atoms with Gasteiger partial charge < -0.3 is 14.6 Å². The standard InChI is InChI=1S/C27H28FN5O3/c28-22-13-5-4-12-21(22)26(27(35)29-17-20-11-8-16-36-20)33(19-9-2-1-3-10-19)25(34)18-32-24-15-7-6-14-23(24)30-31-32/h4-8,11-16,19,26H,1-3,9-10,17-18H2,(H,29,35)/t26-/m1/s1. The molecule has 0 aliphatic heterocycles. The third-order valence-corrected chi connectivity index (χ3v) is 6.70. The number of rotatable bonds is 8. The number of hydrogen-bond acceptors (Lipinski definition) is 5. The van der Waals surface area contributed by atoms with Gasteiger partial charge in [-0.25, -0.2) is 9.07 Å². The monoisotopic (exact) mass is 489 g/mol. The van der Waals surface area contributed by atoms with E-state index in [0.29, 0.717) is 11.3 Å². The summed E-state index contributed by atoms with van der Waals surface area (Å²) in [6.07, 6.45) is 5.98. The lowest BCUT2D eigenvalue weighted by molar-refractivity contribution is -0.145. The van der Waals surface area contributed by atoms with Crippen LogP contribution in [0.5, 0.6) is 0 Å². The van der Waals surface area contributed by atoms with Gasteiger partial charge >= 0.3 is 0 Å². The summed E-state index contributed by atoms with van der Waals surface area (Å²) in [6, 6.07) is 15.7. The predicted molar refractivity (Wildman–Crippen MR) is 131 cm³/mol. The van der Waals surface area contributed by atoms with Gasteiger partial charge in [0.2, 0.25) is 11.8 Å². The van der Waals surface area contributed by atoms with E-state index in [1.54, 1.807) is 35.2 Å². The zero-order valence-corrected chi connectivity index (χ0v) is 19.8. The van der Waals surface area contributed by atoms with E-state index in [1.165, 1.54) is 17.0 Å². The zero-order chi connectivity index (χ0) is 24.9. The van der Waals surface area contributed by atoms with Crippen LogP contribution in [0.2, 0.25) is 0 Å². The maximum atomic E-state index is 15.1. The molecule has 1 saturated carbocycles. The second kappa shape index (κ2) is 10.7. The second-order valence-electron chi connectivity index (χ2n) is 9.05. The van der Waals surface area contributed by atoms with Gasteiger partial charge in [0, 0.05) is 11.6 Å². The Morgan fingerprint density at radius 1 is 1.06 bits per heavy atom. The number of para-hydroxylation sites is 1. The lowest BCUT2D eigenvalue weighted by Gasteiger charge is -2.39. The molecule has 2 aromatic heterocycles. The Morgan fingerprint density at radius 2 is 1.83 bits per heavy atom. The van der Waals surface area contributed by atoms with Crippen LogP contribution in [0.3, 0.4) is 0 Å². The topological polar surface area (TPSA) is 93.3 Å². The first-order valence-electron chi connectivity index (χ1n) is 12.3. The van der Waals surface area contributed by atoms with Crippen molar-refractivity contribution in [3.8, 4) is 0 Å². The van der Waals surface area contributed by atoms with E-state index < -0.39 is 17.8 Å². The molecule has 9 heteroatoms. The molecule has 8 nitrogen and oxygen atoms in total. The minimum absolute atomic E-state index is 0.104. The summed E-state index contributed by atoms with van der Waals surface area (Å²) in [7, 11) is 0. The number of fused-ring (bicyclic) bond motifs is 1. The predicted octanol–water partition coefficient (Wildman–Crippen LogP) is 4.38. The molecule has 1 aliphatic carbocycles. The molecule has 5 rings (SSSR count). The van der Waals surface area contributed by atoms with Crippen LogP contribution in [0, 0.1) is 5.82 Å². The Hall–Kier alpha value is -4.01. The Morgan fingerprint density at radius 3 is 2.61 bits per heavy atom. The lowest BCUT2D eigenvalue weighted by atomic mass is 9.91. The SMILES string of the molecule is O=C(NCc1ccco1)[C@@H](c1ccccc1F)N(C(=O)Cn1nnc2ccccc21)C1CCCCC1. The van der Waals surface area contributed by atoms with Crippen LogP contribution in [0.4, 0.5) is 4.39 Å². The fourth-order valence-electron chi connectivity index (χ4n) is 4.96. The zero-order valence-electron chi connectivity index (χ0n) is 19.8. The second-order valence-corrected chi connectivity index (χ2v) is 9.05. The number of nitrogens with one attached hydrogen (secondary N) is 1. The molecule has 4 aromatic rings. The molecule has 0 bridgehead atoms. The van der Waals surface area contributed by atoms with Crippen LogP contribution in [0.25, 0.3) is 11.0 Å². The fraction of sp³-hybridized carbons (Fsp3) is 0.333. The van der Waals surface area contributed by atoms with Crippen LogP contribution in [0.1, 0.15) is 49.5 Å². The summed E-state index contributed by atoms with van der Waals surface area (Å²) < 4.78 is 22.0. The van der Waals surface area contributed by atoms with E-state index >= 15 is 4.39 Å². The summed E-state index contributed by atoms with van der Waals surface area (Å²) in [4.78, 5) is 29.2. The van der Waals surface area contributed by atoms with Crippen molar-refractivity contribution in [3.63, 3.8) is 0 Å². The minimum Gasteiger partial charge on any atom is -0.467 e. The van der Waals surface area contributed by atoms with Crippen LogP contribution in [-0.4, -0.2) is 37.7 Å². The average Bonchev–Trinajstić information content (AvgIpc) is 3.57. The maximum absolute atomic E-state index is 15.1. The third kappa shape index (κ3) is 5.00. The molecule has 1 aliphatic rings. The summed E-state index contributed by atoms with van der Waals surface area (Å²) >= 11 is 0. The van der Waals surface area contributed by atoms with E-state index in [0.717, 1.165) is 37.6 Å². The Bertz CT molecular complexity index is 1330. The van der Waals surface area contributed by atoms with Crippen molar-refractivity contribution in [2.75, 3.05) is 0 Å². The van der Waals surface area contributed by atoms with Gasteiger partial charge in [0.1, 0.15) is 29.7 Å². The molecular weight excluding hydrogens is 461 g/mol. The molecule has 1 fully saturated rings. The van der Waals surface area contributed by atoms with Gasteiger partial charge in [-0.2, -0.15) is 0 Å². The van der Waals surface area contributed by atoms with E-state index in [9.17, 15) is 9.59 Å². The molecule has 2 amide bonds. The molecule has 1 N–H and O–H groups in total. The molecular formula is C27H28FN5O3. The average molecular weight is 490 g/mol. The number of halogens is 1. The first-order valence-corrected chi connectivity index (χ1v) is 12.3. The van der Waals surface area contributed by atoms with E-state index in [1.807, 2.05) is 24.3 Å². The van der Waals surface area contributed by atoms with Gasteiger partial charge in [-0.3, -0.25) is 9.59 Å². The summed E-state index contributed by atoms with van der Waals surface area (Å²) in [5.74, 6) is -0.728. The smallest absolute Gasteiger partial charge is 0.247 e. The summed E-state index contributed by atoms with van der Waals surface area (Å²) in [5.41, 5.74) is 1.56. The minimum atomic E-state index is -1.13. The molecule has 0 radical (unpaired) electrons. The van der Waals surface area contributed by atoms with Gasteiger partial charge in [-0.15, -0.1) is 5.10 Å². The molecule has 0 spiro atoms. The highest BCUT2D eigenvalue weighted by Crippen LogP contribution is 2.32. The largest absolute Gasteiger partial charge is 0.467 e. The Kier molecular flexibility index (Phi) is 7.06.